The van der Waals surface area contributed by atoms with Crippen molar-refractivity contribution in [1.82, 2.24) is 0 Å². The van der Waals surface area contributed by atoms with Crippen molar-refractivity contribution in [2.75, 3.05) is 7.11 Å². The van der Waals surface area contributed by atoms with Gasteiger partial charge in [-0.2, -0.15) is 5.26 Å². The van der Waals surface area contributed by atoms with Crippen LogP contribution < -0.4 is 24.7 Å². The van der Waals surface area contributed by atoms with Crippen LogP contribution in [0.2, 0.25) is 5.02 Å². The Hall–Kier alpha value is -5.46. The van der Waals surface area contributed by atoms with Gasteiger partial charge in [0.2, 0.25) is 11.6 Å². The molecule has 44 heavy (non-hydrogen) atoms. The number of methoxy groups -OCH3 is 1. The molecule has 8 nitrogen and oxygen atoms in total. The lowest BCUT2D eigenvalue weighted by Gasteiger charge is -2.27. The average molecular weight is 611 g/mol. The summed E-state index contributed by atoms with van der Waals surface area (Å²) in [5.41, 5.74) is 9.18. The fraction of sp³-hybridized carbons (Fsp3) is 0.118. The Morgan fingerprint density at radius 2 is 1.89 bits per heavy atom. The van der Waals surface area contributed by atoms with E-state index in [-0.39, 0.29) is 35.4 Å². The second kappa shape index (κ2) is 11.7. The van der Waals surface area contributed by atoms with E-state index in [1.54, 1.807) is 73.7 Å². The zero-order valence-electron chi connectivity index (χ0n) is 23.5. The summed E-state index contributed by atoms with van der Waals surface area (Å²) >= 11 is 6.10. The van der Waals surface area contributed by atoms with E-state index >= 15 is 0 Å². The van der Waals surface area contributed by atoms with Crippen LogP contribution in [0.3, 0.4) is 0 Å². The number of hydrogen-bond donors (Lipinski definition) is 1. The highest BCUT2D eigenvalue weighted by Crippen LogP contribution is 2.45. The highest BCUT2D eigenvalue weighted by Gasteiger charge is 2.32. The van der Waals surface area contributed by atoms with E-state index in [9.17, 15) is 14.4 Å². The summed E-state index contributed by atoms with van der Waals surface area (Å²) in [7, 11) is 1.49. The first-order valence-corrected chi connectivity index (χ1v) is 13.8. The second-order valence-corrected chi connectivity index (χ2v) is 10.4. The number of carbonyl (C=O) groups excluding carboxylic acids is 1. The number of benzene rings is 4. The molecule has 1 atom stereocenters. The SMILES string of the molecule is COc1cc(C2C(C#N)=C(N)Oc3cc(OC(=O)c4oc5ccc(Cl)cc5c4C)ccc32)ccc1OCc1ccccc1F. The topological polar surface area (TPSA) is 117 Å². The molecule has 220 valence electrons. The maximum Gasteiger partial charge on any atom is 0.379 e. The van der Waals surface area contributed by atoms with Crippen molar-refractivity contribution in [3.05, 3.63) is 129 Å². The molecule has 2 N–H and O–H groups in total. The minimum absolute atomic E-state index is 0.00157. The maximum atomic E-state index is 14.1. The van der Waals surface area contributed by atoms with Crippen LogP contribution in [-0.2, 0) is 6.61 Å². The molecule has 0 saturated carbocycles. The fourth-order valence-corrected chi connectivity index (χ4v) is 5.31. The third-order valence-corrected chi connectivity index (χ3v) is 7.58. The van der Waals surface area contributed by atoms with Gasteiger partial charge in [0.25, 0.3) is 0 Å². The second-order valence-electron chi connectivity index (χ2n) is 10.0. The normalized spacial score (nSPS) is 14.0. The zero-order valence-corrected chi connectivity index (χ0v) is 24.3. The standard InChI is InChI=1S/C34H24ClFN2O6/c1-18-24-14-21(35)8-12-27(24)43-32(18)34(39)42-22-9-10-23-29(15-22)44-33(38)25(16-37)31(23)19-7-11-28(30(13-19)40-2)41-17-20-5-3-4-6-26(20)36/h3-15,31H,17,38H2,1-2H3. The van der Waals surface area contributed by atoms with Crippen molar-refractivity contribution in [3.63, 3.8) is 0 Å². The molecule has 0 bridgehead atoms. The highest BCUT2D eigenvalue weighted by molar-refractivity contribution is 6.31. The quantitative estimate of drug-likeness (QED) is 0.148. The van der Waals surface area contributed by atoms with Gasteiger partial charge in [-0.25, -0.2) is 9.18 Å². The summed E-state index contributed by atoms with van der Waals surface area (Å²) in [4.78, 5) is 13.1. The number of carbonyl (C=O) groups is 1. The van der Waals surface area contributed by atoms with Crippen molar-refractivity contribution in [2.45, 2.75) is 19.4 Å². The minimum Gasteiger partial charge on any atom is -0.493 e. The van der Waals surface area contributed by atoms with Crippen LogP contribution in [-0.4, -0.2) is 13.1 Å². The van der Waals surface area contributed by atoms with Gasteiger partial charge in [0, 0.05) is 33.2 Å². The van der Waals surface area contributed by atoms with Crippen LogP contribution in [0.4, 0.5) is 4.39 Å². The van der Waals surface area contributed by atoms with Crippen LogP contribution in [0.5, 0.6) is 23.0 Å². The third kappa shape index (κ3) is 5.27. The number of hydrogen-bond acceptors (Lipinski definition) is 8. The molecule has 2 heterocycles. The van der Waals surface area contributed by atoms with Gasteiger partial charge >= 0.3 is 5.97 Å². The van der Waals surface area contributed by atoms with Crippen LogP contribution in [0.15, 0.2) is 94.7 Å². The van der Waals surface area contributed by atoms with Gasteiger partial charge in [-0.15, -0.1) is 0 Å². The third-order valence-electron chi connectivity index (χ3n) is 7.35. The van der Waals surface area contributed by atoms with Crippen molar-refractivity contribution in [2.24, 2.45) is 5.73 Å². The Balaban J connectivity index is 1.29. The molecule has 1 aliphatic heterocycles. The molecule has 1 unspecified atom stereocenters. The van der Waals surface area contributed by atoms with Gasteiger partial charge in [0.15, 0.2) is 11.5 Å². The number of fused-ring (bicyclic) bond motifs is 2. The van der Waals surface area contributed by atoms with Gasteiger partial charge in [-0.1, -0.05) is 41.9 Å². The molecule has 0 fully saturated rings. The molecule has 6 rings (SSSR count). The number of furan rings is 1. The summed E-state index contributed by atoms with van der Waals surface area (Å²) in [5.74, 6) is -0.444. The average Bonchev–Trinajstić information content (AvgIpc) is 3.35. The molecule has 10 heteroatoms. The van der Waals surface area contributed by atoms with Gasteiger partial charge < -0.3 is 29.1 Å². The van der Waals surface area contributed by atoms with Gasteiger partial charge in [-0.05, 0) is 55.0 Å². The number of nitrogens with zero attached hydrogens (tertiary/aromatic N) is 1. The molecule has 0 radical (unpaired) electrons. The van der Waals surface area contributed by atoms with Gasteiger partial charge in [-0.3, -0.25) is 0 Å². The number of nitrogens with two attached hydrogens (primary N) is 1. The Morgan fingerprint density at radius 1 is 1.07 bits per heavy atom. The first-order valence-electron chi connectivity index (χ1n) is 13.4. The monoisotopic (exact) mass is 610 g/mol. The number of halogens is 2. The summed E-state index contributed by atoms with van der Waals surface area (Å²) in [6, 6.07) is 23.6. The number of ether oxygens (including phenoxy) is 4. The molecule has 1 aliphatic rings. The molecular weight excluding hydrogens is 587 g/mol. The Morgan fingerprint density at radius 3 is 2.66 bits per heavy atom. The van der Waals surface area contributed by atoms with E-state index in [1.165, 1.54) is 19.2 Å². The van der Waals surface area contributed by atoms with E-state index in [0.717, 1.165) is 0 Å². The molecule has 5 aromatic rings. The molecule has 0 spiro atoms. The van der Waals surface area contributed by atoms with Crippen molar-refractivity contribution in [1.29, 1.82) is 5.26 Å². The van der Waals surface area contributed by atoms with Gasteiger partial charge in [0.1, 0.15) is 41.1 Å². The van der Waals surface area contributed by atoms with Crippen molar-refractivity contribution < 1.29 is 32.5 Å². The fourth-order valence-electron chi connectivity index (χ4n) is 5.14. The minimum atomic E-state index is -0.695. The van der Waals surface area contributed by atoms with Crippen LogP contribution in [0, 0.1) is 24.1 Å². The smallest absolute Gasteiger partial charge is 0.379 e. The summed E-state index contributed by atoms with van der Waals surface area (Å²) in [5, 5.41) is 11.2. The lowest BCUT2D eigenvalue weighted by atomic mass is 9.83. The highest BCUT2D eigenvalue weighted by atomic mass is 35.5. The predicted octanol–water partition coefficient (Wildman–Crippen LogP) is 7.56. The van der Waals surface area contributed by atoms with E-state index in [4.69, 9.17) is 40.7 Å². The van der Waals surface area contributed by atoms with Crippen molar-refractivity contribution >= 4 is 28.5 Å². The molecule has 0 saturated heterocycles. The van der Waals surface area contributed by atoms with E-state index in [0.29, 0.717) is 55.5 Å². The largest absolute Gasteiger partial charge is 0.493 e. The maximum absolute atomic E-state index is 14.1. The van der Waals surface area contributed by atoms with E-state index in [2.05, 4.69) is 6.07 Å². The van der Waals surface area contributed by atoms with Crippen LogP contribution in [0.1, 0.15) is 38.7 Å². The van der Waals surface area contributed by atoms with Crippen LogP contribution >= 0.6 is 11.6 Å². The predicted molar refractivity (Wildman–Crippen MR) is 160 cm³/mol. The molecule has 4 aromatic carbocycles. The lowest BCUT2D eigenvalue weighted by molar-refractivity contribution is 0.0702. The Labute approximate surface area is 256 Å². The summed E-state index contributed by atoms with van der Waals surface area (Å²) in [6.07, 6.45) is 0. The number of aryl methyl sites for hydroxylation is 1. The molecule has 0 amide bonds. The van der Waals surface area contributed by atoms with E-state index < -0.39 is 11.9 Å². The van der Waals surface area contributed by atoms with Crippen molar-refractivity contribution in [3.8, 4) is 29.1 Å². The zero-order chi connectivity index (χ0) is 31.0. The van der Waals surface area contributed by atoms with E-state index in [1.807, 2.05) is 0 Å². The Kier molecular flexibility index (Phi) is 7.60. The Bertz CT molecular complexity index is 2010. The lowest BCUT2D eigenvalue weighted by Crippen LogP contribution is -2.21. The number of rotatable bonds is 7. The molecule has 1 aromatic heterocycles. The first-order chi connectivity index (χ1) is 21.3. The molecule has 0 aliphatic carbocycles. The number of allylic oxidation sites excluding steroid dienone is 1. The van der Waals surface area contributed by atoms with Gasteiger partial charge in [0.05, 0.1) is 13.0 Å². The number of nitriles is 1. The van der Waals surface area contributed by atoms with Crippen LogP contribution in [0.25, 0.3) is 11.0 Å². The number of esters is 1. The first kappa shape index (κ1) is 28.6. The summed E-state index contributed by atoms with van der Waals surface area (Å²) in [6.45, 7) is 1.75. The summed E-state index contributed by atoms with van der Waals surface area (Å²) < 4.78 is 42.7. The molecular formula is C34H24ClFN2O6.